The Labute approximate surface area is 178 Å². The van der Waals surface area contributed by atoms with Gasteiger partial charge in [0, 0.05) is 6.07 Å². The molecule has 0 fully saturated rings. The normalized spacial score (nSPS) is 10.9. The van der Waals surface area contributed by atoms with Crippen LogP contribution >= 0.6 is 0 Å². The molecule has 1 heterocycles. The number of hydrogen-bond donors (Lipinski definition) is 0. The fourth-order valence-corrected chi connectivity index (χ4v) is 2.90. The fourth-order valence-electron chi connectivity index (χ4n) is 2.90. The van der Waals surface area contributed by atoms with Crippen LogP contribution in [0.4, 0.5) is 22.0 Å². The van der Waals surface area contributed by atoms with E-state index in [-0.39, 0.29) is 23.3 Å². The molecule has 0 spiro atoms. The SMILES string of the molecule is COc1cc2c(Oc3c(F)c(F)c(F)c(F)c3F)ncnc2cc1OCc1ccccc1. The first kappa shape index (κ1) is 21.3. The Morgan fingerprint density at radius 3 is 2.09 bits per heavy atom. The molecule has 0 atom stereocenters. The van der Waals surface area contributed by atoms with Gasteiger partial charge in [-0.2, -0.15) is 8.78 Å². The number of methoxy groups -OCH3 is 1. The first-order chi connectivity index (χ1) is 15.4. The number of rotatable bonds is 6. The van der Waals surface area contributed by atoms with Crippen molar-refractivity contribution in [3.8, 4) is 23.1 Å². The van der Waals surface area contributed by atoms with Crippen LogP contribution in [0.1, 0.15) is 5.56 Å². The monoisotopic (exact) mass is 448 g/mol. The number of fused-ring (bicyclic) bond motifs is 1. The minimum atomic E-state index is -2.29. The zero-order chi connectivity index (χ0) is 22.8. The lowest BCUT2D eigenvalue weighted by Crippen LogP contribution is -2.05. The van der Waals surface area contributed by atoms with Crippen LogP contribution < -0.4 is 14.2 Å². The van der Waals surface area contributed by atoms with Crippen LogP contribution in [0, 0.1) is 29.1 Å². The Morgan fingerprint density at radius 1 is 0.781 bits per heavy atom. The Bertz CT molecular complexity index is 1270. The molecular weight excluding hydrogens is 435 g/mol. The first-order valence-corrected chi connectivity index (χ1v) is 9.09. The molecule has 0 amide bonds. The second-order valence-corrected chi connectivity index (χ2v) is 6.47. The highest BCUT2D eigenvalue weighted by Gasteiger charge is 2.28. The summed E-state index contributed by atoms with van der Waals surface area (Å²) in [6.45, 7) is 0.224. The zero-order valence-electron chi connectivity index (χ0n) is 16.3. The molecule has 0 aliphatic heterocycles. The van der Waals surface area contributed by atoms with E-state index in [1.54, 1.807) is 0 Å². The maximum absolute atomic E-state index is 14.0. The third-order valence-corrected chi connectivity index (χ3v) is 4.49. The van der Waals surface area contributed by atoms with Gasteiger partial charge in [-0.1, -0.05) is 30.3 Å². The lowest BCUT2D eigenvalue weighted by molar-refractivity contribution is 0.285. The van der Waals surface area contributed by atoms with Crippen LogP contribution in [0.3, 0.4) is 0 Å². The molecule has 0 unspecified atom stereocenters. The van der Waals surface area contributed by atoms with Gasteiger partial charge >= 0.3 is 0 Å². The molecule has 4 rings (SSSR count). The summed E-state index contributed by atoms with van der Waals surface area (Å²) in [5.74, 6) is -12.2. The molecule has 3 aromatic carbocycles. The molecule has 10 heteroatoms. The van der Waals surface area contributed by atoms with E-state index in [1.165, 1.54) is 19.2 Å². The minimum absolute atomic E-state index is 0.0975. The molecule has 0 N–H and O–H groups in total. The van der Waals surface area contributed by atoms with Crippen molar-refractivity contribution in [1.29, 1.82) is 0 Å². The van der Waals surface area contributed by atoms with Crippen LogP contribution in [0.5, 0.6) is 23.1 Å². The van der Waals surface area contributed by atoms with Gasteiger partial charge < -0.3 is 14.2 Å². The van der Waals surface area contributed by atoms with Gasteiger partial charge in [-0.15, -0.1) is 0 Å². The first-order valence-electron chi connectivity index (χ1n) is 9.09. The summed E-state index contributed by atoms with van der Waals surface area (Å²) in [6, 6.07) is 12.2. The van der Waals surface area contributed by atoms with Crippen molar-refractivity contribution in [2.75, 3.05) is 7.11 Å². The zero-order valence-corrected chi connectivity index (χ0v) is 16.3. The van der Waals surface area contributed by atoms with E-state index in [4.69, 9.17) is 14.2 Å². The number of ether oxygens (including phenoxy) is 3. The lowest BCUT2D eigenvalue weighted by atomic mass is 10.2. The van der Waals surface area contributed by atoms with Crippen molar-refractivity contribution in [2.24, 2.45) is 0 Å². The summed E-state index contributed by atoms with van der Waals surface area (Å²) in [4.78, 5) is 7.81. The van der Waals surface area contributed by atoms with Crippen LogP contribution in [0.2, 0.25) is 0 Å². The summed E-state index contributed by atoms with van der Waals surface area (Å²) < 4.78 is 84.4. The van der Waals surface area contributed by atoms with Crippen molar-refractivity contribution in [3.05, 3.63) is 83.4 Å². The number of aromatic nitrogens is 2. The average molecular weight is 448 g/mol. The second kappa shape index (κ2) is 8.66. The van der Waals surface area contributed by atoms with Gasteiger partial charge in [0.2, 0.25) is 40.7 Å². The molecule has 1 aromatic heterocycles. The molecule has 164 valence electrons. The third kappa shape index (κ3) is 3.86. The highest BCUT2D eigenvalue weighted by molar-refractivity contribution is 5.87. The van der Waals surface area contributed by atoms with E-state index in [0.29, 0.717) is 5.75 Å². The molecular formula is C22H13F5N2O3. The van der Waals surface area contributed by atoms with Crippen LogP contribution in [0.25, 0.3) is 10.9 Å². The lowest BCUT2D eigenvalue weighted by Gasteiger charge is -2.14. The largest absolute Gasteiger partial charge is 0.493 e. The molecule has 32 heavy (non-hydrogen) atoms. The predicted molar refractivity (Wildman–Crippen MR) is 103 cm³/mol. The van der Waals surface area contributed by atoms with E-state index in [1.807, 2.05) is 30.3 Å². The van der Waals surface area contributed by atoms with Crippen molar-refractivity contribution in [3.63, 3.8) is 0 Å². The summed E-state index contributed by atoms with van der Waals surface area (Å²) in [6.07, 6.45) is 1.01. The summed E-state index contributed by atoms with van der Waals surface area (Å²) in [5, 5.41) is 0.0975. The van der Waals surface area contributed by atoms with Crippen molar-refractivity contribution in [2.45, 2.75) is 6.61 Å². The summed E-state index contributed by atoms with van der Waals surface area (Å²) in [7, 11) is 1.37. The number of halogens is 5. The van der Waals surface area contributed by atoms with Crippen molar-refractivity contribution < 1.29 is 36.2 Å². The molecule has 0 aliphatic carbocycles. The fraction of sp³-hybridized carbons (Fsp3) is 0.0909. The maximum Gasteiger partial charge on any atom is 0.230 e. The number of hydrogen-bond acceptors (Lipinski definition) is 5. The predicted octanol–water partition coefficient (Wildman–Crippen LogP) is 5.71. The van der Waals surface area contributed by atoms with Gasteiger partial charge in [-0.25, -0.2) is 23.1 Å². The van der Waals surface area contributed by atoms with Crippen molar-refractivity contribution >= 4 is 10.9 Å². The molecule has 4 aromatic rings. The van der Waals surface area contributed by atoms with Crippen LogP contribution in [-0.2, 0) is 6.61 Å². The third-order valence-electron chi connectivity index (χ3n) is 4.49. The Kier molecular flexibility index (Phi) is 5.76. The molecule has 0 bridgehead atoms. The second-order valence-electron chi connectivity index (χ2n) is 6.47. The number of benzene rings is 3. The van der Waals surface area contributed by atoms with Gasteiger partial charge in [0.25, 0.3) is 0 Å². The Balaban J connectivity index is 1.73. The topological polar surface area (TPSA) is 53.5 Å². The van der Waals surface area contributed by atoms with E-state index in [0.717, 1.165) is 11.9 Å². The molecule has 0 radical (unpaired) electrons. The minimum Gasteiger partial charge on any atom is -0.493 e. The van der Waals surface area contributed by atoms with Gasteiger partial charge in [0.15, 0.2) is 11.5 Å². The highest BCUT2D eigenvalue weighted by Crippen LogP contribution is 2.38. The molecule has 5 nitrogen and oxygen atoms in total. The smallest absolute Gasteiger partial charge is 0.230 e. The van der Waals surface area contributed by atoms with Gasteiger partial charge in [-0.05, 0) is 11.6 Å². The average Bonchev–Trinajstić information content (AvgIpc) is 2.83. The number of nitrogens with zero attached hydrogens (tertiary/aromatic N) is 2. The van der Waals surface area contributed by atoms with Gasteiger partial charge in [-0.3, -0.25) is 0 Å². The van der Waals surface area contributed by atoms with Crippen molar-refractivity contribution in [1.82, 2.24) is 9.97 Å². The molecule has 0 saturated carbocycles. The Hall–Kier alpha value is -3.95. The maximum atomic E-state index is 14.0. The van der Waals surface area contributed by atoms with E-state index >= 15 is 0 Å². The standard InChI is InChI=1S/C22H13F5N2O3/c1-30-14-7-12-13(8-15(14)31-9-11-5-3-2-4-6-11)28-10-29-22(12)32-21-19(26)17(24)16(23)18(25)20(21)27/h2-8,10H,9H2,1H3. The summed E-state index contributed by atoms with van der Waals surface area (Å²) >= 11 is 0. The molecule has 0 saturated heterocycles. The van der Waals surface area contributed by atoms with Crippen LogP contribution in [-0.4, -0.2) is 17.1 Å². The quantitative estimate of drug-likeness (QED) is 0.215. The van der Waals surface area contributed by atoms with E-state index in [9.17, 15) is 22.0 Å². The van der Waals surface area contributed by atoms with E-state index in [2.05, 4.69) is 9.97 Å². The summed E-state index contributed by atoms with van der Waals surface area (Å²) in [5.41, 5.74) is 1.12. The van der Waals surface area contributed by atoms with Gasteiger partial charge in [0.05, 0.1) is 18.0 Å². The van der Waals surface area contributed by atoms with Gasteiger partial charge in [0.1, 0.15) is 12.9 Å². The molecule has 0 aliphatic rings. The van der Waals surface area contributed by atoms with E-state index < -0.39 is 40.7 Å². The highest BCUT2D eigenvalue weighted by atomic mass is 19.2. The Morgan fingerprint density at radius 2 is 1.44 bits per heavy atom. The van der Waals surface area contributed by atoms with Crippen LogP contribution in [0.15, 0.2) is 48.8 Å².